The van der Waals surface area contributed by atoms with E-state index in [1.54, 1.807) is 0 Å². The first-order valence-electron chi connectivity index (χ1n) is 5.91. The van der Waals surface area contributed by atoms with Crippen molar-refractivity contribution in [2.75, 3.05) is 0 Å². The van der Waals surface area contributed by atoms with Crippen LogP contribution in [0.25, 0.3) is 0 Å². The molecule has 0 aliphatic carbocycles. The summed E-state index contributed by atoms with van der Waals surface area (Å²) in [5.41, 5.74) is -0.418. The maximum absolute atomic E-state index is 6.00. The lowest BCUT2D eigenvalue weighted by Crippen LogP contribution is -2.41. The smallest absolute Gasteiger partial charge is 0.403 e. The lowest BCUT2D eigenvalue weighted by atomic mass is 9.82. The Morgan fingerprint density at radius 2 is 1.75 bits per heavy atom. The van der Waals surface area contributed by atoms with Gasteiger partial charge in [0, 0.05) is 3.82 Å². The molecule has 0 spiro atoms. The molecule has 1 aliphatic rings. The average Bonchev–Trinajstić information content (AvgIpc) is 2.36. The van der Waals surface area contributed by atoms with Crippen LogP contribution >= 0.6 is 22.6 Å². The van der Waals surface area contributed by atoms with Gasteiger partial charge in [-0.25, -0.2) is 0 Å². The van der Waals surface area contributed by atoms with Crippen molar-refractivity contribution in [1.82, 2.24) is 0 Å². The van der Waals surface area contributed by atoms with Crippen molar-refractivity contribution in [1.29, 1.82) is 0 Å². The molecule has 4 heteroatoms. The van der Waals surface area contributed by atoms with Gasteiger partial charge in [-0.1, -0.05) is 28.7 Å². The number of allylic oxidation sites excluding steroid dienone is 1. The summed E-state index contributed by atoms with van der Waals surface area (Å²) in [6, 6.07) is 0. The minimum atomic E-state index is -0.209. The van der Waals surface area contributed by atoms with E-state index < -0.39 is 0 Å². The molecule has 1 atom stereocenters. The quantitative estimate of drug-likeness (QED) is 0.250. The highest BCUT2D eigenvalue weighted by atomic mass is 127. The minimum absolute atomic E-state index is 0.0737. The number of rotatable bonds is 5. The molecular formula is C12H22BIO2. The van der Waals surface area contributed by atoms with Crippen LogP contribution in [0.4, 0.5) is 0 Å². The zero-order chi connectivity index (χ0) is 12.4. The molecule has 16 heavy (non-hydrogen) atoms. The van der Waals surface area contributed by atoms with E-state index in [4.69, 9.17) is 9.31 Å². The summed E-state index contributed by atoms with van der Waals surface area (Å²) in [6.07, 6.45) is 5.30. The van der Waals surface area contributed by atoms with Crippen LogP contribution in [0.15, 0.2) is 12.7 Å². The van der Waals surface area contributed by atoms with E-state index in [-0.39, 0.29) is 18.3 Å². The summed E-state index contributed by atoms with van der Waals surface area (Å²) in [7, 11) is -0.0737. The van der Waals surface area contributed by atoms with Crippen LogP contribution in [0.5, 0.6) is 0 Å². The fourth-order valence-electron chi connectivity index (χ4n) is 1.63. The van der Waals surface area contributed by atoms with E-state index in [2.05, 4.69) is 56.9 Å². The van der Waals surface area contributed by atoms with Crippen molar-refractivity contribution < 1.29 is 9.31 Å². The molecule has 0 aromatic carbocycles. The van der Waals surface area contributed by atoms with Crippen LogP contribution in [0, 0.1) is 0 Å². The Morgan fingerprint density at radius 3 is 2.19 bits per heavy atom. The van der Waals surface area contributed by atoms with Crippen LogP contribution in [-0.4, -0.2) is 22.1 Å². The first-order chi connectivity index (χ1) is 7.30. The average molecular weight is 336 g/mol. The van der Waals surface area contributed by atoms with Gasteiger partial charge in [-0.3, -0.25) is 0 Å². The van der Waals surface area contributed by atoms with Gasteiger partial charge in [0.1, 0.15) is 0 Å². The third-order valence-corrected chi connectivity index (χ3v) is 4.66. The summed E-state index contributed by atoms with van der Waals surface area (Å²) in [5, 5.41) is 0. The van der Waals surface area contributed by atoms with Crippen molar-refractivity contribution in [3.63, 3.8) is 0 Å². The van der Waals surface area contributed by atoms with Crippen molar-refractivity contribution >= 4 is 29.7 Å². The highest BCUT2D eigenvalue weighted by molar-refractivity contribution is 14.1. The zero-order valence-electron chi connectivity index (χ0n) is 10.8. The van der Waals surface area contributed by atoms with Crippen LogP contribution in [0.2, 0.25) is 0 Å². The van der Waals surface area contributed by atoms with Crippen LogP contribution in [0.1, 0.15) is 47.0 Å². The van der Waals surface area contributed by atoms with E-state index in [1.165, 1.54) is 0 Å². The normalized spacial score (nSPS) is 24.4. The Kier molecular flexibility index (Phi) is 4.90. The SMILES string of the molecule is C=CCCCC(I)B1OC(C)(C)C(C)(C)O1. The van der Waals surface area contributed by atoms with Gasteiger partial charge in [0.05, 0.1) is 11.2 Å². The molecule has 1 heterocycles. The molecule has 1 fully saturated rings. The number of halogens is 1. The van der Waals surface area contributed by atoms with Crippen molar-refractivity contribution in [2.24, 2.45) is 0 Å². The van der Waals surface area contributed by atoms with E-state index in [1.807, 2.05) is 6.08 Å². The lowest BCUT2D eigenvalue weighted by molar-refractivity contribution is 0.00578. The fourth-order valence-corrected chi connectivity index (χ4v) is 2.36. The van der Waals surface area contributed by atoms with Gasteiger partial charge in [0.25, 0.3) is 0 Å². The third-order valence-electron chi connectivity index (χ3n) is 3.45. The van der Waals surface area contributed by atoms with Gasteiger partial charge in [0.15, 0.2) is 0 Å². The monoisotopic (exact) mass is 336 g/mol. The second-order valence-corrected chi connectivity index (χ2v) is 6.96. The summed E-state index contributed by atoms with van der Waals surface area (Å²) in [5.74, 6) is 0. The lowest BCUT2D eigenvalue weighted by Gasteiger charge is -2.32. The Bertz CT molecular complexity index is 237. The first-order valence-corrected chi connectivity index (χ1v) is 7.15. The number of hydrogen-bond acceptors (Lipinski definition) is 2. The largest absolute Gasteiger partial charge is 0.471 e. The summed E-state index contributed by atoms with van der Waals surface area (Å²) >= 11 is 2.43. The third kappa shape index (κ3) is 3.23. The molecule has 1 aliphatic heterocycles. The second kappa shape index (κ2) is 5.40. The molecule has 92 valence electrons. The molecule has 0 bridgehead atoms. The fraction of sp³-hybridized carbons (Fsp3) is 0.833. The van der Waals surface area contributed by atoms with Crippen LogP contribution < -0.4 is 0 Å². The highest BCUT2D eigenvalue weighted by Gasteiger charge is 2.52. The topological polar surface area (TPSA) is 18.5 Å². The maximum Gasteiger partial charge on any atom is 0.471 e. The van der Waals surface area contributed by atoms with Crippen LogP contribution in [-0.2, 0) is 9.31 Å². The Morgan fingerprint density at radius 1 is 1.25 bits per heavy atom. The summed E-state index contributed by atoms with van der Waals surface area (Å²) in [6.45, 7) is 12.1. The molecular weight excluding hydrogens is 314 g/mol. The van der Waals surface area contributed by atoms with Gasteiger partial charge in [-0.05, 0) is 47.0 Å². The predicted molar refractivity (Wildman–Crippen MR) is 77.9 cm³/mol. The van der Waals surface area contributed by atoms with Gasteiger partial charge < -0.3 is 9.31 Å². The minimum Gasteiger partial charge on any atom is -0.403 e. The van der Waals surface area contributed by atoms with Gasteiger partial charge in [-0.2, -0.15) is 0 Å². The molecule has 0 saturated carbocycles. The van der Waals surface area contributed by atoms with Gasteiger partial charge in [0.2, 0.25) is 0 Å². The molecule has 0 N–H and O–H groups in total. The Labute approximate surface area is 113 Å². The molecule has 0 aromatic rings. The van der Waals surface area contributed by atoms with E-state index >= 15 is 0 Å². The molecule has 1 saturated heterocycles. The van der Waals surface area contributed by atoms with Crippen molar-refractivity contribution in [2.45, 2.75) is 62.0 Å². The number of unbranched alkanes of at least 4 members (excludes halogenated alkanes) is 1. The van der Waals surface area contributed by atoms with E-state index in [0.29, 0.717) is 3.82 Å². The van der Waals surface area contributed by atoms with Crippen molar-refractivity contribution in [3.8, 4) is 0 Å². The summed E-state index contributed by atoms with van der Waals surface area (Å²) in [4.78, 5) is 0. The molecule has 0 amide bonds. The Hall–Kier alpha value is 0.455. The standard InChI is InChI=1S/C12H22BIO2/c1-6-7-8-9-10(14)13-15-11(2,3)12(4,5)16-13/h6,10H,1,7-9H2,2-5H3. The highest BCUT2D eigenvalue weighted by Crippen LogP contribution is 2.39. The second-order valence-electron chi connectivity index (χ2n) is 5.36. The van der Waals surface area contributed by atoms with Gasteiger partial charge >= 0.3 is 7.12 Å². The zero-order valence-corrected chi connectivity index (χ0v) is 12.9. The molecule has 0 radical (unpaired) electrons. The van der Waals surface area contributed by atoms with Crippen LogP contribution in [0.3, 0.4) is 0 Å². The summed E-state index contributed by atoms with van der Waals surface area (Å²) < 4.78 is 12.4. The molecule has 1 unspecified atom stereocenters. The number of alkyl halides is 1. The predicted octanol–water partition coefficient (Wildman–Crippen LogP) is 3.78. The maximum atomic E-state index is 6.00. The molecule has 0 aromatic heterocycles. The van der Waals surface area contributed by atoms with Gasteiger partial charge in [-0.15, -0.1) is 6.58 Å². The first kappa shape index (κ1) is 14.5. The van der Waals surface area contributed by atoms with E-state index in [0.717, 1.165) is 19.3 Å². The Balaban J connectivity index is 2.48. The molecule has 1 rings (SSSR count). The van der Waals surface area contributed by atoms with Crippen molar-refractivity contribution in [3.05, 3.63) is 12.7 Å². The van der Waals surface area contributed by atoms with E-state index in [9.17, 15) is 0 Å². The molecule has 2 nitrogen and oxygen atoms in total. The number of hydrogen-bond donors (Lipinski definition) is 0.